The Morgan fingerprint density at radius 3 is 2.65 bits per heavy atom. The van der Waals surface area contributed by atoms with Gasteiger partial charge in [-0.2, -0.15) is 0 Å². The Labute approximate surface area is 132 Å². The van der Waals surface area contributed by atoms with Crippen LogP contribution in [0.2, 0.25) is 0 Å². The Morgan fingerprint density at radius 2 is 1.91 bits per heavy atom. The minimum atomic E-state index is -0.498. The van der Waals surface area contributed by atoms with Crippen molar-refractivity contribution in [1.82, 2.24) is 9.97 Å². The minimum absolute atomic E-state index is 0.0742. The lowest BCUT2D eigenvalue weighted by molar-refractivity contribution is 0.291. The minimum Gasteiger partial charge on any atom is -0.485 e. The highest BCUT2D eigenvalue weighted by Gasteiger charge is 2.14. The van der Waals surface area contributed by atoms with E-state index in [9.17, 15) is 9.18 Å². The van der Waals surface area contributed by atoms with E-state index < -0.39 is 5.82 Å². The fourth-order valence-corrected chi connectivity index (χ4v) is 2.28. The van der Waals surface area contributed by atoms with Crippen LogP contribution in [-0.4, -0.2) is 9.97 Å². The van der Waals surface area contributed by atoms with Crippen molar-refractivity contribution in [3.63, 3.8) is 0 Å². The van der Waals surface area contributed by atoms with Crippen LogP contribution < -0.4 is 10.3 Å². The standard InChI is InChI=1S/C18H15FN2O2/c1-12-10-16(22)21-18(20-12)14-8-5-9-15(19)17(14)23-11-13-6-3-2-4-7-13/h2-10H,11H2,1H3,(H,20,21,22). The molecule has 0 aliphatic rings. The fraction of sp³-hybridized carbons (Fsp3) is 0.111. The predicted molar refractivity (Wildman–Crippen MR) is 85.8 cm³/mol. The van der Waals surface area contributed by atoms with Gasteiger partial charge in [0, 0.05) is 11.8 Å². The molecule has 0 unspecified atom stereocenters. The van der Waals surface area contributed by atoms with Crippen molar-refractivity contribution in [1.29, 1.82) is 0 Å². The summed E-state index contributed by atoms with van der Waals surface area (Å²) in [6, 6.07) is 15.4. The SMILES string of the molecule is Cc1cc(=O)[nH]c(-c2cccc(F)c2OCc2ccccc2)n1. The maximum atomic E-state index is 14.2. The monoisotopic (exact) mass is 310 g/mol. The van der Waals surface area contributed by atoms with Crippen LogP contribution in [0.3, 0.4) is 0 Å². The van der Waals surface area contributed by atoms with Crippen molar-refractivity contribution in [2.75, 3.05) is 0 Å². The highest BCUT2D eigenvalue weighted by atomic mass is 19.1. The summed E-state index contributed by atoms with van der Waals surface area (Å²) in [5.74, 6) is -0.134. The lowest BCUT2D eigenvalue weighted by Crippen LogP contribution is -2.09. The van der Waals surface area contributed by atoms with Gasteiger partial charge in [-0.1, -0.05) is 36.4 Å². The molecule has 2 aromatic carbocycles. The molecule has 0 bridgehead atoms. The van der Waals surface area contributed by atoms with Crippen molar-refractivity contribution in [3.05, 3.63) is 82.0 Å². The number of hydrogen-bond acceptors (Lipinski definition) is 3. The molecule has 0 fully saturated rings. The summed E-state index contributed by atoms with van der Waals surface area (Å²) in [6.45, 7) is 1.94. The second kappa shape index (κ2) is 6.44. The molecular weight excluding hydrogens is 295 g/mol. The Bertz CT molecular complexity index is 876. The van der Waals surface area contributed by atoms with Crippen LogP contribution in [-0.2, 0) is 6.61 Å². The van der Waals surface area contributed by atoms with Crippen LogP contribution in [0.4, 0.5) is 4.39 Å². The molecule has 0 atom stereocenters. The highest BCUT2D eigenvalue weighted by molar-refractivity contribution is 5.64. The summed E-state index contributed by atoms with van der Waals surface area (Å²) in [5, 5.41) is 0. The van der Waals surface area contributed by atoms with Gasteiger partial charge >= 0.3 is 0 Å². The molecule has 0 saturated carbocycles. The second-order valence-electron chi connectivity index (χ2n) is 5.13. The summed E-state index contributed by atoms with van der Waals surface area (Å²) in [5.41, 5.74) is 1.61. The number of aryl methyl sites for hydroxylation is 1. The van der Waals surface area contributed by atoms with Gasteiger partial charge in [0.2, 0.25) is 0 Å². The van der Waals surface area contributed by atoms with Crippen molar-refractivity contribution in [3.8, 4) is 17.1 Å². The zero-order valence-electron chi connectivity index (χ0n) is 12.5. The van der Waals surface area contributed by atoms with Gasteiger partial charge in [-0.05, 0) is 24.6 Å². The number of aromatic nitrogens is 2. The van der Waals surface area contributed by atoms with Gasteiger partial charge in [0.15, 0.2) is 11.6 Å². The Morgan fingerprint density at radius 1 is 1.13 bits per heavy atom. The summed E-state index contributed by atoms with van der Waals surface area (Å²) < 4.78 is 19.8. The molecule has 23 heavy (non-hydrogen) atoms. The zero-order valence-corrected chi connectivity index (χ0v) is 12.5. The largest absolute Gasteiger partial charge is 0.485 e. The van der Waals surface area contributed by atoms with Crippen LogP contribution in [0, 0.1) is 12.7 Å². The van der Waals surface area contributed by atoms with Gasteiger partial charge < -0.3 is 9.72 Å². The molecule has 116 valence electrons. The summed E-state index contributed by atoms with van der Waals surface area (Å²) in [4.78, 5) is 18.5. The van der Waals surface area contributed by atoms with E-state index in [1.807, 2.05) is 30.3 Å². The lowest BCUT2D eigenvalue weighted by atomic mass is 10.1. The number of benzene rings is 2. The number of hydrogen-bond donors (Lipinski definition) is 1. The molecule has 0 amide bonds. The highest BCUT2D eigenvalue weighted by Crippen LogP contribution is 2.30. The van der Waals surface area contributed by atoms with Gasteiger partial charge in [0.05, 0.1) is 5.56 Å². The Hall–Kier alpha value is -2.95. The van der Waals surface area contributed by atoms with E-state index in [1.54, 1.807) is 19.1 Å². The number of nitrogens with zero attached hydrogens (tertiary/aromatic N) is 1. The average molecular weight is 310 g/mol. The summed E-state index contributed by atoms with van der Waals surface area (Å²) in [7, 11) is 0. The van der Waals surface area contributed by atoms with Crippen LogP contribution in [0.25, 0.3) is 11.4 Å². The Balaban J connectivity index is 1.98. The molecule has 0 aliphatic carbocycles. The summed E-state index contributed by atoms with van der Waals surface area (Å²) in [6.07, 6.45) is 0. The van der Waals surface area contributed by atoms with Gasteiger partial charge in [0.25, 0.3) is 5.56 Å². The third-order valence-electron chi connectivity index (χ3n) is 3.32. The topological polar surface area (TPSA) is 55.0 Å². The van der Waals surface area contributed by atoms with Gasteiger partial charge in [-0.15, -0.1) is 0 Å². The van der Waals surface area contributed by atoms with E-state index >= 15 is 0 Å². The normalized spacial score (nSPS) is 10.5. The summed E-state index contributed by atoms with van der Waals surface area (Å²) >= 11 is 0. The molecule has 1 N–H and O–H groups in total. The number of halogens is 1. The molecule has 0 saturated heterocycles. The molecular formula is C18H15FN2O2. The quantitative estimate of drug-likeness (QED) is 0.803. The second-order valence-corrected chi connectivity index (χ2v) is 5.13. The molecule has 1 heterocycles. The van der Waals surface area contributed by atoms with E-state index in [0.29, 0.717) is 11.3 Å². The number of H-pyrrole nitrogens is 1. The van der Waals surface area contributed by atoms with E-state index in [2.05, 4.69) is 9.97 Å². The van der Waals surface area contributed by atoms with Crippen molar-refractivity contribution >= 4 is 0 Å². The van der Waals surface area contributed by atoms with Crippen LogP contribution in [0.15, 0.2) is 59.4 Å². The van der Waals surface area contributed by atoms with E-state index in [4.69, 9.17) is 4.74 Å². The van der Waals surface area contributed by atoms with Crippen LogP contribution >= 0.6 is 0 Å². The molecule has 4 nitrogen and oxygen atoms in total. The van der Waals surface area contributed by atoms with Gasteiger partial charge in [-0.25, -0.2) is 9.37 Å². The third-order valence-corrected chi connectivity index (χ3v) is 3.32. The lowest BCUT2D eigenvalue weighted by Gasteiger charge is -2.12. The van der Waals surface area contributed by atoms with Gasteiger partial charge in [0.1, 0.15) is 12.4 Å². The molecule has 0 aliphatic heterocycles. The molecule has 5 heteroatoms. The molecule has 1 aromatic heterocycles. The maximum Gasteiger partial charge on any atom is 0.251 e. The molecule has 0 spiro atoms. The fourth-order valence-electron chi connectivity index (χ4n) is 2.28. The zero-order chi connectivity index (χ0) is 16.2. The van der Waals surface area contributed by atoms with Crippen LogP contribution in [0.5, 0.6) is 5.75 Å². The number of ether oxygens (including phenoxy) is 1. The average Bonchev–Trinajstić information content (AvgIpc) is 2.53. The smallest absolute Gasteiger partial charge is 0.251 e. The number of rotatable bonds is 4. The molecule has 0 radical (unpaired) electrons. The van der Waals surface area contributed by atoms with Crippen molar-refractivity contribution in [2.45, 2.75) is 13.5 Å². The van der Waals surface area contributed by atoms with E-state index in [1.165, 1.54) is 12.1 Å². The van der Waals surface area contributed by atoms with Crippen molar-refractivity contribution in [2.24, 2.45) is 0 Å². The molecule has 3 rings (SSSR count). The maximum absolute atomic E-state index is 14.2. The molecule has 3 aromatic rings. The first kappa shape index (κ1) is 15.0. The Kier molecular flexibility index (Phi) is 4.19. The van der Waals surface area contributed by atoms with Crippen molar-refractivity contribution < 1.29 is 9.13 Å². The third kappa shape index (κ3) is 3.45. The number of nitrogens with one attached hydrogen (secondary N) is 1. The first-order valence-electron chi connectivity index (χ1n) is 7.17. The van der Waals surface area contributed by atoms with E-state index in [-0.39, 0.29) is 23.7 Å². The van der Waals surface area contributed by atoms with Gasteiger partial charge in [-0.3, -0.25) is 4.79 Å². The van der Waals surface area contributed by atoms with E-state index in [0.717, 1.165) is 5.56 Å². The number of para-hydroxylation sites is 1. The van der Waals surface area contributed by atoms with Crippen LogP contribution in [0.1, 0.15) is 11.3 Å². The number of aromatic amines is 1. The first-order chi connectivity index (χ1) is 11.1. The first-order valence-corrected chi connectivity index (χ1v) is 7.17. The predicted octanol–water partition coefficient (Wildman–Crippen LogP) is 3.46.